The maximum absolute atomic E-state index is 13.1. The van der Waals surface area contributed by atoms with Gasteiger partial charge in [-0.15, -0.1) is 0 Å². The molecule has 2 aromatic carbocycles. The lowest BCUT2D eigenvalue weighted by atomic mass is 10.2. The summed E-state index contributed by atoms with van der Waals surface area (Å²) in [5.74, 6) is 0.885. The summed E-state index contributed by atoms with van der Waals surface area (Å²) in [7, 11) is 0.284. The molecule has 1 heterocycles. The van der Waals surface area contributed by atoms with Gasteiger partial charge in [0.05, 0.1) is 31.9 Å². The van der Waals surface area contributed by atoms with E-state index in [0.29, 0.717) is 5.75 Å². The molecular weight excluding hydrogens is 372 g/mol. The molecular formula is C18H20N2O6S. The van der Waals surface area contributed by atoms with E-state index >= 15 is 0 Å². The third kappa shape index (κ3) is 3.26. The molecule has 3 rings (SSSR count). The Bertz CT molecular complexity index is 1040. The Balaban J connectivity index is 2.12. The Morgan fingerprint density at radius 1 is 1.00 bits per heavy atom. The normalized spacial score (nSPS) is 11.4. The third-order valence-corrected chi connectivity index (χ3v) is 5.93. The van der Waals surface area contributed by atoms with Crippen LogP contribution < -0.4 is 18.5 Å². The van der Waals surface area contributed by atoms with Crippen LogP contribution >= 0.6 is 0 Å². The highest BCUT2D eigenvalue weighted by Gasteiger charge is 2.27. The highest BCUT2D eigenvalue weighted by atomic mass is 32.2. The van der Waals surface area contributed by atoms with Crippen molar-refractivity contribution in [2.45, 2.75) is 4.90 Å². The van der Waals surface area contributed by atoms with Crippen LogP contribution in [-0.2, 0) is 10.0 Å². The summed E-state index contributed by atoms with van der Waals surface area (Å²) in [6.07, 6.45) is 1.73. The van der Waals surface area contributed by atoms with E-state index < -0.39 is 16.8 Å². The smallest absolute Gasteiger partial charge is 0.266 e. The molecule has 27 heavy (non-hydrogen) atoms. The minimum atomic E-state index is -4.03. The molecule has 0 saturated carbocycles. The van der Waals surface area contributed by atoms with Crippen LogP contribution in [0.3, 0.4) is 0 Å². The predicted octanol–water partition coefficient (Wildman–Crippen LogP) is 2.34. The van der Waals surface area contributed by atoms with Gasteiger partial charge in [-0.1, -0.05) is 0 Å². The van der Waals surface area contributed by atoms with Crippen molar-refractivity contribution >= 4 is 26.6 Å². The van der Waals surface area contributed by atoms with E-state index in [1.54, 1.807) is 24.4 Å². The molecule has 0 spiro atoms. The zero-order valence-electron chi connectivity index (χ0n) is 15.1. The first kappa shape index (κ1) is 18.9. The number of aliphatic hydroxyl groups is 1. The van der Waals surface area contributed by atoms with Gasteiger partial charge >= 0.3 is 0 Å². The highest BCUT2D eigenvalue weighted by Crippen LogP contribution is 2.42. The fourth-order valence-corrected chi connectivity index (χ4v) is 4.13. The van der Waals surface area contributed by atoms with Gasteiger partial charge in [-0.05, 0) is 24.3 Å². The Kier molecular flexibility index (Phi) is 5.15. The van der Waals surface area contributed by atoms with Crippen molar-refractivity contribution in [2.75, 3.05) is 32.4 Å². The van der Waals surface area contributed by atoms with Gasteiger partial charge < -0.3 is 24.3 Å². The van der Waals surface area contributed by atoms with Crippen molar-refractivity contribution in [1.82, 2.24) is 4.98 Å². The number of fused-ring (bicyclic) bond motifs is 1. The number of H-pyrrole nitrogens is 1. The number of anilines is 1. The molecule has 2 N–H and O–H groups in total. The van der Waals surface area contributed by atoms with E-state index in [0.717, 1.165) is 15.2 Å². The maximum Gasteiger partial charge on any atom is 0.266 e. The van der Waals surface area contributed by atoms with E-state index in [2.05, 4.69) is 4.98 Å². The fourth-order valence-electron chi connectivity index (χ4n) is 2.83. The molecule has 0 aliphatic heterocycles. The molecule has 9 heteroatoms. The van der Waals surface area contributed by atoms with Gasteiger partial charge in [-0.2, -0.15) is 0 Å². The number of rotatable bonds is 7. The summed E-state index contributed by atoms with van der Waals surface area (Å²) in [4.78, 5) is 3.06. The van der Waals surface area contributed by atoms with Crippen LogP contribution in [-0.4, -0.2) is 46.6 Å². The van der Waals surface area contributed by atoms with Crippen LogP contribution in [0.1, 0.15) is 0 Å². The van der Waals surface area contributed by atoms with Gasteiger partial charge in [0.1, 0.15) is 6.73 Å². The van der Waals surface area contributed by atoms with Crippen LogP contribution in [0.15, 0.2) is 47.5 Å². The number of aliphatic hydroxyl groups excluding tert-OH is 1. The molecule has 0 aliphatic carbocycles. The second-order valence-electron chi connectivity index (χ2n) is 5.61. The van der Waals surface area contributed by atoms with Crippen molar-refractivity contribution in [3.8, 4) is 17.2 Å². The second-order valence-corrected chi connectivity index (χ2v) is 7.47. The van der Waals surface area contributed by atoms with Crippen molar-refractivity contribution in [3.63, 3.8) is 0 Å². The molecule has 0 bridgehead atoms. The largest absolute Gasteiger partial charge is 0.493 e. The van der Waals surface area contributed by atoms with E-state index in [1.807, 2.05) is 0 Å². The molecule has 0 amide bonds. The topological polar surface area (TPSA) is 101 Å². The number of sulfonamides is 1. The number of aromatic amines is 1. The standard InChI is InChI=1S/C18H20N2O6S/c1-24-16-9-13(10-17(25-2)18(16)26-3)20(11-21)27(22,23)14-4-5-15-12(8-14)6-7-19-15/h4-10,19,21H,11H2,1-3H3. The summed E-state index contributed by atoms with van der Waals surface area (Å²) in [5, 5.41) is 10.6. The highest BCUT2D eigenvalue weighted by molar-refractivity contribution is 7.92. The summed E-state index contributed by atoms with van der Waals surface area (Å²) in [5.41, 5.74) is 0.999. The van der Waals surface area contributed by atoms with Gasteiger partial charge in [0.25, 0.3) is 10.0 Å². The average molecular weight is 392 g/mol. The van der Waals surface area contributed by atoms with E-state index in [4.69, 9.17) is 14.2 Å². The Labute approximate surface area is 156 Å². The van der Waals surface area contributed by atoms with Gasteiger partial charge in [-0.3, -0.25) is 0 Å². The fraction of sp³-hybridized carbons (Fsp3) is 0.222. The van der Waals surface area contributed by atoms with Gasteiger partial charge in [0.2, 0.25) is 5.75 Å². The number of benzene rings is 2. The average Bonchev–Trinajstić information content (AvgIpc) is 3.15. The first-order chi connectivity index (χ1) is 13.0. The Morgan fingerprint density at radius 2 is 1.67 bits per heavy atom. The third-order valence-electron chi connectivity index (χ3n) is 4.18. The number of hydrogen-bond donors (Lipinski definition) is 2. The molecule has 0 aliphatic rings. The molecule has 144 valence electrons. The summed E-state index contributed by atoms with van der Waals surface area (Å²) < 4.78 is 42.9. The van der Waals surface area contributed by atoms with Crippen molar-refractivity contribution in [2.24, 2.45) is 0 Å². The van der Waals surface area contributed by atoms with Crippen LogP contribution in [0, 0.1) is 0 Å². The number of hydrogen-bond acceptors (Lipinski definition) is 6. The monoisotopic (exact) mass is 392 g/mol. The predicted molar refractivity (Wildman–Crippen MR) is 101 cm³/mol. The number of aromatic nitrogens is 1. The second kappa shape index (κ2) is 7.37. The lowest BCUT2D eigenvalue weighted by molar-refractivity contribution is 0.307. The molecule has 0 unspecified atom stereocenters. The van der Waals surface area contributed by atoms with E-state index in [1.165, 1.54) is 39.5 Å². The quantitative estimate of drug-likeness (QED) is 0.599. The zero-order valence-corrected chi connectivity index (χ0v) is 15.9. The number of ether oxygens (including phenoxy) is 3. The molecule has 3 aromatic rings. The first-order valence-electron chi connectivity index (χ1n) is 7.97. The van der Waals surface area contributed by atoms with Gasteiger partial charge in [0.15, 0.2) is 11.5 Å². The van der Waals surface area contributed by atoms with Gasteiger partial charge in [-0.25, -0.2) is 12.7 Å². The van der Waals surface area contributed by atoms with E-state index in [-0.39, 0.29) is 22.1 Å². The summed E-state index contributed by atoms with van der Waals surface area (Å²) in [6.45, 7) is -0.758. The minimum Gasteiger partial charge on any atom is -0.493 e. The summed E-state index contributed by atoms with van der Waals surface area (Å²) in [6, 6.07) is 9.40. The van der Waals surface area contributed by atoms with Crippen LogP contribution in [0.5, 0.6) is 17.2 Å². The zero-order chi connectivity index (χ0) is 19.6. The maximum atomic E-state index is 13.1. The van der Waals surface area contributed by atoms with Crippen LogP contribution in [0.4, 0.5) is 5.69 Å². The number of nitrogens with one attached hydrogen (secondary N) is 1. The first-order valence-corrected chi connectivity index (χ1v) is 9.41. The Morgan fingerprint density at radius 3 is 2.22 bits per heavy atom. The minimum absolute atomic E-state index is 0.0531. The molecule has 0 saturated heterocycles. The van der Waals surface area contributed by atoms with Crippen LogP contribution in [0.25, 0.3) is 10.9 Å². The SMILES string of the molecule is COc1cc(N(CO)S(=O)(=O)c2ccc3[nH]ccc3c2)cc(OC)c1OC. The van der Waals surface area contributed by atoms with Crippen molar-refractivity contribution in [1.29, 1.82) is 0 Å². The van der Waals surface area contributed by atoms with Crippen molar-refractivity contribution < 1.29 is 27.7 Å². The molecule has 8 nitrogen and oxygen atoms in total. The van der Waals surface area contributed by atoms with Crippen LogP contribution in [0.2, 0.25) is 0 Å². The summed E-state index contributed by atoms with van der Waals surface area (Å²) >= 11 is 0. The number of methoxy groups -OCH3 is 3. The molecule has 0 radical (unpaired) electrons. The molecule has 0 atom stereocenters. The van der Waals surface area contributed by atoms with Gasteiger partial charge in [0, 0.05) is 29.2 Å². The molecule has 0 fully saturated rings. The lowest BCUT2D eigenvalue weighted by Gasteiger charge is -2.24. The lowest BCUT2D eigenvalue weighted by Crippen LogP contribution is -2.32. The van der Waals surface area contributed by atoms with Crippen molar-refractivity contribution in [3.05, 3.63) is 42.6 Å². The number of nitrogens with zero attached hydrogens (tertiary/aromatic N) is 1. The molecule has 1 aromatic heterocycles. The van der Waals surface area contributed by atoms with E-state index in [9.17, 15) is 13.5 Å². The Hall–Kier alpha value is -2.91.